The minimum Gasteiger partial charge on any atom is -0.381 e. The molecule has 0 radical (unpaired) electrons. The Morgan fingerprint density at radius 2 is 1.44 bits per heavy atom. The first-order valence-electron chi connectivity index (χ1n) is 10.0. The molecule has 0 aliphatic carbocycles. The van der Waals surface area contributed by atoms with Crippen molar-refractivity contribution in [3.63, 3.8) is 0 Å². The number of carbonyl (C=O) groups is 2. The maximum Gasteiger partial charge on any atom is 0.251 e. The van der Waals surface area contributed by atoms with E-state index in [4.69, 9.17) is 9.47 Å². The molecule has 0 bridgehead atoms. The van der Waals surface area contributed by atoms with E-state index in [0.29, 0.717) is 19.1 Å². The van der Waals surface area contributed by atoms with Crippen LogP contribution in [0.4, 0.5) is 0 Å². The summed E-state index contributed by atoms with van der Waals surface area (Å²) in [7, 11) is 0. The Hall–Kier alpha value is -1.14. The third-order valence-corrected chi connectivity index (χ3v) is 6.50. The molecule has 0 aromatic heterocycles. The van der Waals surface area contributed by atoms with E-state index in [1.54, 1.807) is 0 Å². The van der Waals surface area contributed by atoms with Crippen molar-refractivity contribution in [2.75, 3.05) is 39.4 Å². The van der Waals surface area contributed by atoms with Gasteiger partial charge in [0.2, 0.25) is 5.91 Å². The third kappa shape index (κ3) is 3.56. The molecule has 6 heteroatoms. The fraction of sp³-hybridized carbons (Fsp3) is 0.895. The van der Waals surface area contributed by atoms with Gasteiger partial charge in [0, 0.05) is 45.3 Å². The van der Waals surface area contributed by atoms with Gasteiger partial charge in [0.05, 0.1) is 5.60 Å². The number of amides is 2. The van der Waals surface area contributed by atoms with Gasteiger partial charge in [-0.2, -0.15) is 0 Å². The molecule has 0 saturated carbocycles. The van der Waals surface area contributed by atoms with Crippen LogP contribution in [-0.4, -0.2) is 72.7 Å². The van der Waals surface area contributed by atoms with E-state index < -0.39 is 0 Å². The first-order valence-corrected chi connectivity index (χ1v) is 10.0. The molecule has 0 N–H and O–H groups in total. The predicted molar refractivity (Wildman–Crippen MR) is 92.0 cm³/mol. The van der Waals surface area contributed by atoms with Crippen molar-refractivity contribution in [1.82, 2.24) is 9.80 Å². The summed E-state index contributed by atoms with van der Waals surface area (Å²) in [6.07, 6.45) is 7.21. The predicted octanol–water partition coefficient (Wildman–Crippen LogP) is 1.58. The topological polar surface area (TPSA) is 59.1 Å². The summed E-state index contributed by atoms with van der Waals surface area (Å²) in [5, 5.41) is 0. The summed E-state index contributed by atoms with van der Waals surface area (Å²) in [6, 6.07) is 0. The molecule has 4 fully saturated rings. The van der Waals surface area contributed by atoms with Gasteiger partial charge < -0.3 is 19.3 Å². The third-order valence-electron chi connectivity index (χ3n) is 6.50. The van der Waals surface area contributed by atoms with Crippen LogP contribution in [0.2, 0.25) is 0 Å². The fourth-order valence-electron chi connectivity index (χ4n) is 4.83. The molecule has 25 heavy (non-hydrogen) atoms. The van der Waals surface area contributed by atoms with Crippen LogP contribution >= 0.6 is 0 Å². The normalized spacial score (nSPS) is 30.2. The number of piperidine rings is 1. The first-order chi connectivity index (χ1) is 12.2. The quantitative estimate of drug-likeness (QED) is 0.759. The van der Waals surface area contributed by atoms with Crippen LogP contribution in [-0.2, 0) is 19.1 Å². The molecular weight excluding hydrogens is 320 g/mol. The lowest BCUT2D eigenvalue weighted by molar-refractivity contribution is -0.154. The number of carbonyl (C=O) groups excluding carboxylic acids is 2. The van der Waals surface area contributed by atoms with Crippen molar-refractivity contribution in [3.8, 4) is 0 Å². The highest BCUT2D eigenvalue weighted by Gasteiger charge is 2.46. The van der Waals surface area contributed by atoms with Crippen LogP contribution in [0.3, 0.4) is 0 Å². The lowest BCUT2D eigenvalue weighted by Gasteiger charge is -2.40. The largest absolute Gasteiger partial charge is 0.381 e. The molecule has 0 aromatic rings. The molecule has 4 heterocycles. The summed E-state index contributed by atoms with van der Waals surface area (Å²) in [4.78, 5) is 29.2. The van der Waals surface area contributed by atoms with Crippen LogP contribution in [0.25, 0.3) is 0 Å². The van der Waals surface area contributed by atoms with Gasteiger partial charge in [0.15, 0.2) is 0 Å². The standard InChI is InChI=1S/C19H30N2O4/c22-17(15-4-13-24-14-5-15)21-11-7-19(8-12-21)6-3-16(25-19)18(23)20-9-1-2-10-20/h15-16H,1-14H2/t16-/m0/s1. The van der Waals surface area contributed by atoms with E-state index >= 15 is 0 Å². The Balaban J connectivity index is 1.29. The number of hydrogen-bond acceptors (Lipinski definition) is 4. The smallest absolute Gasteiger partial charge is 0.251 e. The molecule has 2 amide bonds. The number of rotatable bonds is 2. The molecule has 0 unspecified atom stereocenters. The molecule has 4 aliphatic rings. The molecule has 6 nitrogen and oxygen atoms in total. The maximum atomic E-state index is 12.7. The van der Waals surface area contributed by atoms with Crippen LogP contribution in [0.15, 0.2) is 0 Å². The Bertz CT molecular complexity index is 504. The number of ether oxygens (including phenoxy) is 2. The SMILES string of the molecule is O=C(C1CCOCC1)N1CCC2(CC[C@@H](C(=O)N3CCCC3)O2)CC1. The van der Waals surface area contributed by atoms with Crippen molar-refractivity contribution in [2.45, 2.75) is 63.1 Å². The Labute approximate surface area is 149 Å². The number of hydrogen-bond donors (Lipinski definition) is 0. The van der Waals surface area contributed by atoms with E-state index in [0.717, 1.165) is 77.5 Å². The minimum atomic E-state index is -0.254. The van der Waals surface area contributed by atoms with Crippen molar-refractivity contribution in [3.05, 3.63) is 0 Å². The Morgan fingerprint density at radius 3 is 2.12 bits per heavy atom. The lowest BCUT2D eigenvalue weighted by Crippen LogP contribution is -2.49. The summed E-state index contributed by atoms with van der Waals surface area (Å²) in [5.41, 5.74) is -0.174. The second-order valence-corrected chi connectivity index (χ2v) is 8.07. The van der Waals surface area contributed by atoms with Gasteiger partial charge >= 0.3 is 0 Å². The second kappa shape index (κ2) is 7.23. The van der Waals surface area contributed by atoms with Crippen molar-refractivity contribution >= 4 is 11.8 Å². The van der Waals surface area contributed by atoms with E-state index in [2.05, 4.69) is 0 Å². The minimum absolute atomic E-state index is 0.136. The zero-order valence-electron chi connectivity index (χ0n) is 15.1. The second-order valence-electron chi connectivity index (χ2n) is 8.07. The Kier molecular flexibility index (Phi) is 5.00. The molecule has 4 saturated heterocycles. The highest BCUT2D eigenvalue weighted by atomic mass is 16.5. The highest BCUT2D eigenvalue weighted by Crippen LogP contribution is 2.40. The summed E-state index contributed by atoms with van der Waals surface area (Å²) in [5.74, 6) is 0.618. The molecular formula is C19H30N2O4. The maximum absolute atomic E-state index is 12.7. The fourth-order valence-corrected chi connectivity index (χ4v) is 4.83. The zero-order chi connectivity index (χ0) is 17.3. The van der Waals surface area contributed by atoms with Gasteiger partial charge in [0.1, 0.15) is 6.10 Å². The van der Waals surface area contributed by atoms with E-state index in [1.165, 1.54) is 0 Å². The summed E-state index contributed by atoms with van der Waals surface area (Å²) in [6.45, 7) is 4.72. The van der Waals surface area contributed by atoms with Crippen LogP contribution in [0, 0.1) is 5.92 Å². The average Bonchev–Trinajstić information content (AvgIpc) is 3.33. The van der Waals surface area contributed by atoms with Gasteiger partial charge in [-0.3, -0.25) is 9.59 Å². The molecule has 4 rings (SSSR count). The molecule has 140 valence electrons. The van der Waals surface area contributed by atoms with Crippen LogP contribution < -0.4 is 0 Å². The molecule has 1 atom stereocenters. The summed E-state index contributed by atoms with van der Waals surface area (Å²) < 4.78 is 11.7. The monoisotopic (exact) mass is 350 g/mol. The first kappa shape index (κ1) is 17.3. The van der Waals surface area contributed by atoms with E-state index in [9.17, 15) is 9.59 Å². The van der Waals surface area contributed by atoms with Crippen molar-refractivity contribution < 1.29 is 19.1 Å². The van der Waals surface area contributed by atoms with Crippen molar-refractivity contribution in [2.24, 2.45) is 5.92 Å². The van der Waals surface area contributed by atoms with Gasteiger partial charge in [-0.1, -0.05) is 0 Å². The molecule has 4 aliphatic heterocycles. The van der Waals surface area contributed by atoms with E-state index in [-0.39, 0.29) is 23.5 Å². The summed E-state index contributed by atoms with van der Waals surface area (Å²) >= 11 is 0. The molecule has 0 aromatic carbocycles. The van der Waals surface area contributed by atoms with Gasteiger partial charge in [-0.15, -0.1) is 0 Å². The lowest BCUT2D eigenvalue weighted by atomic mass is 9.87. The van der Waals surface area contributed by atoms with Gasteiger partial charge in [-0.25, -0.2) is 0 Å². The number of likely N-dealkylation sites (tertiary alicyclic amines) is 2. The Morgan fingerprint density at radius 1 is 0.800 bits per heavy atom. The van der Waals surface area contributed by atoms with Crippen LogP contribution in [0.5, 0.6) is 0 Å². The average molecular weight is 350 g/mol. The van der Waals surface area contributed by atoms with E-state index in [1.807, 2.05) is 9.80 Å². The van der Waals surface area contributed by atoms with Crippen LogP contribution in [0.1, 0.15) is 51.4 Å². The zero-order valence-corrected chi connectivity index (χ0v) is 15.1. The highest BCUT2D eigenvalue weighted by molar-refractivity contribution is 5.81. The molecule has 1 spiro atoms. The van der Waals surface area contributed by atoms with Gasteiger partial charge in [0.25, 0.3) is 5.91 Å². The number of nitrogens with zero attached hydrogens (tertiary/aromatic N) is 2. The van der Waals surface area contributed by atoms with Gasteiger partial charge in [-0.05, 0) is 51.4 Å². The van der Waals surface area contributed by atoms with Crippen molar-refractivity contribution in [1.29, 1.82) is 0 Å².